The molecule has 1 fully saturated rings. The Morgan fingerprint density at radius 1 is 0.966 bits per heavy atom. The Labute approximate surface area is 177 Å². The lowest BCUT2D eigenvalue weighted by atomic mass is 10.0. The van der Waals surface area contributed by atoms with Gasteiger partial charge in [0.2, 0.25) is 0 Å². The Morgan fingerprint density at radius 3 is 2.41 bits per heavy atom. The van der Waals surface area contributed by atoms with Crippen LogP contribution >= 0.6 is 11.6 Å². The third-order valence-corrected chi connectivity index (χ3v) is 7.38. The van der Waals surface area contributed by atoms with Crippen LogP contribution in [0.3, 0.4) is 0 Å². The molecule has 0 saturated carbocycles. The minimum Gasteiger partial charge on any atom is -0.371 e. The van der Waals surface area contributed by atoms with Crippen LogP contribution in [-0.2, 0) is 10.0 Å². The molecule has 0 bridgehead atoms. The number of anilines is 2. The van der Waals surface area contributed by atoms with Crippen LogP contribution in [0, 0.1) is 20.8 Å². The van der Waals surface area contributed by atoms with Gasteiger partial charge in [0.25, 0.3) is 10.0 Å². The number of benzene rings is 3. The fourth-order valence-corrected chi connectivity index (χ4v) is 5.82. The summed E-state index contributed by atoms with van der Waals surface area (Å²) in [7, 11) is -3.73. The highest BCUT2D eigenvalue weighted by Crippen LogP contribution is 2.36. The quantitative estimate of drug-likeness (QED) is 0.569. The third-order valence-electron chi connectivity index (χ3n) is 5.70. The molecule has 152 valence electrons. The van der Waals surface area contributed by atoms with Gasteiger partial charge in [0.1, 0.15) is 0 Å². The molecule has 1 aliphatic rings. The van der Waals surface area contributed by atoms with Crippen molar-refractivity contribution in [1.29, 1.82) is 0 Å². The molecule has 4 rings (SSSR count). The number of hydrogen-bond acceptors (Lipinski definition) is 3. The van der Waals surface area contributed by atoms with Crippen molar-refractivity contribution in [3.05, 3.63) is 64.2 Å². The van der Waals surface area contributed by atoms with Gasteiger partial charge in [-0.1, -0.05) is 35.9 Å². The predicted octanol–water partition coefficient (Wildman–Crippen LogP) is 5.82. The Morgan fingerprint density at radius 2 is 1.69 bits per heavy atom. The lowest BCUT2D eigenvalue weighted by Crippen LogP contribution is -2.22. The van der Waals surface area contributed by atoms with Crippen LogP contribution in [0.4, 0.5) is 11.4 Å². The second-order valence-electron chi connectivity index (χ2n) is 7.78. The number of nitrogens with zero attached hydrogens (tertiary/aromatic N) is 1. The van der Waals surface area contributed by atoms with Gasteiger partial charge in [-0.25, -0.2) is 8.42 Å². The SMILES string of the molecule is Cc1cc(C)c(N2CCCC2)c(C)c1NS(=O)(=O)c1ccc2c(Cl)cccc2c1. The zero-order valence-electron chi connectivity index (χ0n) is 16.9. The molecule has 1 N–H and O–H groups in total. The standard InChI is InChI=1S/C23H25ClN2O2S/c1-15-13-16(2)23(26-11-4-5-12-26)17(3)22(15)25-29(27,28)19-9-10-20-18(14-19)7-6-8-21(20)24/h6-10,13-14,25H,4-5,11-12H2,1-3H3. The van der Waals surface area contributed by atoms with Gasteiger partial charge in [0, 0.05) is 29.2 Å². The molecule has 0 atom stereocenters. The molecule has 4 nitrogen and oxygen atoms in total. The van der Waals surface area contributed by atoms with Gasteiger partial charge in [-0.05, 0) is 73.9 Å². The van der Waals surface area contributed by atoms with E-state index in [0.29, 0.717) is 10.7 Å². The number of hydrogen-bond donors (Lipinski definition) is 1. The average molecular weight is 429 g/mol. The molecular weight excluding hydrogens is 404 g/mol. The van der Waals surface area contributed by atoms with Gasteiger partial charge in [0.15, 0.2) is 0 Å². The summed E-state index contributed by atoms with van der Waals surface area (Å²) in [6.45, 7) is 8.08. The summed E-state index contributed by atoms with van der Waals surface area (Å²) in [6.07, 6.45) is 2.35. The number of halogens is 1. The van der Waals surface area contributed by atoms with Crippen molar-refractivity contribution in [2.45, 2.75) is 38.5 Å². The van der Waals surface area contributed by atoms with Crippen LogP contribution in [-0.4, -0.2) is 21.5 Å². The minimum atomic E-state index is -3.73. The number of fused-ring (bicyclic) bond motifs is 1. The average Bonchev–Trinajstić information content (AvgIpc) is 3.19. The van der Waals surface area contributed by atoms with E-state index >= 15 is 0 Å². The van der Waals surface area contributed by atoms with E-state index in [1.54, 1.807) is 24.3 Å². The maximum Gasteiger partial charge on any atom is 0.261 e. The predicted molar refractivity (Wildman–Crippen MR) is 122 cm³/mol. The van der Waals surface area contributed by atoms with Crippen molar-refractivity contribution in [3.63, 3.8) is 0 Å². The highest BCUT2D eigenvalue weighted by molar-refractivity contribution is 7.92. The molecule has 29 heavy (non-hydrogen) atoms. The second-order valence-corrected chi connectivity index (χ2v) is 9.87. The summed E-state index contributed by atoms with van der Waals surface area (Å²) < 4.78 is 29.2. The molecule has 0 radical (unpaired) electrons. The van der Waals surface area contributed by atoms with E-state index in [1.807, 2.05) is 26.0 Å². The zero-order valence-corrected chi connectivity index (χ0v) is 18.5. The third kappa shape index (κ3) is 3.69. The number of aryl methyl sites for hydroxylation is 2. The summed E-state index contributed by atoms with van der Waals surface area (Å²) in [5.74, 6) is 0. The minimum absolute atomic E-state index is 0.231. The molecule has 6 heteroatoms. The van der Waals surface area contributed by atoms with Gasteiger partial charge < -0.3 is 4.90 Å². The van der Waals surface area contributed by atoms with Crippen molar-refractivity contribution in [1.82, 2.24) is 0 Å². The Hall–Kier alpha value is -2.24. The van der Waals surface area contributed by atoms with Crippen LogP contribution in [0.5, 0.6) is 0 Å². The van der Waals surface area contributed by atoms with Crippen molar-refractivity contribution >= 4 is 43.8 Å². The summed E-state index contributed by atoms with van der Waals surface area (Å²) >= 11 is 6.22. The molecule has 1 heterocycles. The van der Waals surface area contributed by atoms with Gasteiger partial charge in [0.05, 0.1) is 10.6 Å². The van der Waals surface area contributed by atoms with Gasteiger partial charge >= 0.3 is 0 Å². The van der Waals surface area contributed by atoms with E-state index in [1.165, 1.54) is 18.4 Å². The highest BCUT2D eigenvalue weighted by atomic mass is 35.5. The first-order valence-electron chi connectivity index (χ1n) is 9.85. The molecule has 3 aromatic carbocycles. The molecule has 0 amide bonds. The van der Waals surface area contributed by atoms with Gasteiger partial charge in [-0.15, -0.1) is 0 Å². The molecule has 0 aliphatic carbocycles. The van der Waals surface area contributed by atoms with E-state index in [4.69, 9.17) is 11.6 Å². The number of sulfonamides is 1. The lowest BCUT2D eigenvalue weighted by Gasteiger charge is -2.26. The largest absolute Gasteiger partial charge is 0.371 e. The van der Waals surface area contributed by atoms with E-state index in [-0.39, 0.29) is 4.90 Å². The summed E-state index contributed by atoms with van der Waals surface area (Å²) in [5, 5.41) is 2.25. The molecule has 3 aromatic rings. The Bertz CT molecular complexity index is 1200. The fourth-order valence-electron chi connectivity index (χ4n) is 4.34. The topological polar surface area (TPSA) is 49.4 Å². The molecule has 0 unspecified atom stereocenters. The number of rotatable bonds is 4. The lowest BCUT2D eigenvalue weighted by molar-refractivity contribution is 0.601. The molecule has 1 saturated heterocycles. The zero-order chi connectivity index (χ0) is 20.8. The van der Waals surface area contributed by atoms with Crippen LogP contribution in [0.25, 0.3) is 10.8 Å². The van der Waals surface area contributed by atoms with E-state index in [2.05, 4.69) is 22.6 Å². The smallest absolute Gasteiger partial charge is 0.261 e. The Kier molecular flexibility index (Phi) is 5.21. The first kappa shape index (κ1) is 20.0. The summed E-state index contributed by atoms with van der Waals surface area (Å²) in [6, 6.07) is 12.6. The second kappa shape index (κ2) is 7.54. The monoisotopic (exact) mass is 428 g/mol. The van der Waals surface area contributed by atoms with Crippen LogP contribution in [0.1, 0.15) is 29.5 Å². The van der Waals surface area contributed by atoms with Gasteiger partial charge in [-0.3, -0.25) is 4.72 Å². The molecular formula is C23H25ClN2O2S. The molecule has 0 spiro atoms. The fraction of sp³-hybridized carbons (Fsp3) is 0.304. The highest BCUT2D eigenvalue weighted by Gasteiger charge is 2.23. The van der Waals surface area contributed by atoms with Crippen molar-refractivity contribution < 1.29 is 8.42 Å². The summed E-state index contributed by atoms with van der Waals surface area (Å²) in [5.41, 5.74) is 4.91. The number of nitrogens with one attached hydrogen (secondary N) is 1. The van der Waals surface area contributed by atoms with Crippen LogP contribution in [0.15, 0.2) is 47.4 Å². The summed E-state index contributed by atoms with van der Waals surface area (Å²) in [4.78, 5) is 2.59. The van der Waals surface area contributed by atoms with Crippen LogP contribution in [0.2, 0.25) is 5.02 Å². The van der Waals surface area contributed by atoms with Crippen LogP contribution < -0.4 is 9.62 Å². The normalized spacial score (nSPS) is 14.6. The molecule has 1 aliphatic heterocycles. The van der Waals surface area contributed by atoms with Crippen molar-refractivity contribution in [2.24, 2.45) is 0 Å². The molecule has 0 aromatic heterocycles. The van der Waals surface area contributed by atoms with E-state index < -0.39 is 10.0 Å². The maximum absolute atomic E-state index is 13.2. The van der Waals surface area contributed by atoms with Crippen molar-refractivity contribution in [3.8, 4) is 0 Å². The van der Waals surface area contributed by atoms with E-state index in [0.717, 1.165) is 40.7 Å². The maximum atomic E-state index is 13.2. The first-order chi connectivity index (χ1) is 13.8. The Balaban J connectivity index is 1.76. The first-order valence-corrected chi connectivity index (χ1v) is 11.7. The van der Waals surface area contributed by atoms with E-state index in [9.17, 15) is 8.42 Å². The van der Waals surface area contributed by atoms with Crippen molar-refractivity contribution in [2.75, 3.05) is 22.7 Å². The van der Waals surface area contributed by atoms with Gasteiger partial charge in [-0.2, -0.15) is 0 Å².